The summed E-state index contributed by atoms with van der Waals surface area (Å²) in [6.45, 7) is 0. The van der Waals surface area contributed by atoms with E-state index in [2.05, 4.69) is 26.1 Å². The van der Waals surface area contributed by atoms with E-state index < -0.39 is 5.54 Å². The Hall–Kier alpha value is -1.27. The maximum atomic E-state index is 13.2. The van der Waals surface area contributed by atoms with Gasteiger partial charge in [-0.1, -0.05) is 24.4 Å². The van der Waals surface area contributed by atoms with Gasteiger partial charge in [-0.2, -0.15) is 4.98 Å². The Morgan fingerprint density at radius 1 is 1.25 bits per heavy atom. The Bertz CT molecular complexity index is 623. The highest BCUT2D eigenvalue weighted by Crippen LogP contribution is 2.34. The van der Waals surface area contributed by atoms with E-state index in [-0.39, 0.29) is 5.82 Å². The second-order valence-electron chi connectivity index (χ2n) is 5.27. The molecular weight excluding hydrogens is 325 g/mol. The van der Waals surface area contributed by atoms with Gasteiger partial charge in [-0.25, -0.2) is 4.39 Å². The van der Waals surface area contributed by atoms with Crippen molar-refractivity contribution < 1.29 is 8.91 Å². The molecule has 0 unspecified atom stereocenters. The molecule has 0 atom stereocenters. The number of rotatable bonds is 2. The zero-order valence-electron chi connectivity index (χ0n) is 10.9. The molecule has 106 valence electrons. The minimum atomic E-state index is -0.489. The monoisotopic (exact) mass is 339 g/mol. The normalized spacial score (nSPS) is 18.1. The third-order valence-corrected chi connectivity index (χ3v) is 4.39. The molecule has 4 nitrogen and oxygen atoms in total. The van der Waals surface area contributed by atoms with Gasteiger partial charge in [0.1, 0.15) is 5.82 Å². The number of benzene rings is 1. The molecule has 0 amide bonds. The lowest BCUT2D eigenvalue weighted by atomic mass is 9.82. The molecule has 1 saturated carbocycles. The van der Waals surface area contributed by atoms with Crippen LogP contribution < -0.4 is 5.73 Å². The van der Waals surface area contributed by atoms with E-state index in [1.165, 1.54) is 12.5 Å². The van der Waals surface area contributed by atoms with Crippen LogP contribution in [0, 0.1) is 5.82 Å². The van der Waals surface area contributed by atoms with Gasteiger partial charge in [0.15, 0.2) is 5.82 Å². The predicted molar refractivity (Wildman–Crippen MR) is 76.3 cm³/mol. The van der Waals surface area contributed by atoms with Gasteiger partial charge in [0, 0.05) is 5.56 Å². The molecule has 1 aliphatic carbocycles. The molecule has 1 aromatic carbocycles. The standard InChI is InChI=1S/C14H15BrFN3O/c15-10-8-9(4-5-11(10)16)12-18-13(19-20-12)14(17)6-2-1-3-7-14/h4-5,8H,1-3,6-7,17H2. The van der Waals surface area contributed by atoms with Gasteiger partial charge in [0.05, 0.1) is 10.0 Å². The van der Waals surface area contributed by atoms with Gasteiger partial charge in [0.2, 0.25) is 0 Å². The third-order valence-electron chi connectivity index (χ3n) is 3.78. The van der Waals surface area contributed by atoms with Gasteiger partial charge in [-0.15, -0.1) is 0 Å². The predicted octanol–water partition coefficient (Wildman–Crippen LogP) is 3.76. The summed E-state index contributed by atoms with van der Waals surface area (Å²) in [6.07, 6.45) is 5.12. The van der Waals surface area contributed by atoms with Gasteiger partial charge >= 0.3 is 0 Å². The van der Waals surface area contributed by atoms with E-state index in [0.29, 0.717) is 21.8 Å². The molecule has 0 bridgehead atoms. The first-order valence-electron chi connectivity index (χ1n) is 6.67. The van der Waals surface area contributed by atoms with Crippen molar-refractivity contribution in [1.29, 1.82) is 0 Å². The fourth-order valence-electron chi connectivity index (χ4n) is 2.58. The van der Waals surface area contributed by atoms with Crippen molar-refractivity contribution in [3.8, 4) is 11.5 Å². The summed E-state index contributed by atoms with van der Waals surface area (Å²) in [5.41, 5.74) is 6.56. The van der Waals surface area contributed by atoms with Crippen molar-refractivity contribution in [3.05, 3.63) is 34.3 Å². The van der Waals surface area contributed by atoms with Gasteiger partial charge in [0.25, 0.3) is 5.89 Å². The molecule has 0 saturated heterocycles. The fraction of sp³-hybridized carbons (Fsp3) is 0.429. The van der Waals surface area contributed by atoms with Crippen LogP contribution in [0.15, 0.2) is 27.2 Å². The SMILES string of the molecule is NC1(c2noc(-c3ccc(F)c(Br)c3)n2)CCCCC1. The zero-order valence-corrected chi connectivity index (χ0v) is 12.5. The highest BCUT2D eigenvalue weighted by atomic mass is 79.9. The minimum Gasteiger partial charge on any atom is -0.334 e. The second-order valence-corrected chi connectivity index (χ2v) is 6.12. The number of aromatic nitrogens is 2. The molecule has 1 aromatic heterocycles. The maximum Gasteiger partial charge on any atom is 0.258 e. The van der Waals surface area contributed by atoms with Crippen LogP contribution in [0.1, 0.15) is 37.9 Å². The molecule has 0 radical (unpaired) electrons. The average molecular weight is 340 g/mol. The molecule has 3 rings (SSSR count). The van der Waals surface area contributed by atoms with E-state index >= 15 is 0 Å². The van der Waals surface area contributed by atoms with Crippen molar-refractivity contribution in [3.63, 3.8) is 0 Å². The quantitative estimate of drug-likeness (QED) is 0.904. The molecule has 2 N–H and O–H groups in total. The molecule has 20 heavy (non-hydrogen) atoms. The summed E-state index contributed by atoms with van der Waals surface area (Å²) in [5.74, 6) is 0.597. The van der Waals surface area contributed by atoms with E-state index in [4.69, 9.17) is 10.3 Å². The topological polar surface area (TPSA) is 64.9 Å². The maximum absolute atomic E-state index is 13.2. The van der Waals surface area contributed by atoms with Gasteiger partial charge in [-0.3, -0.25) is 0 Å². The average Bonchev–Trinajstić information content (AvgIpc) is 2.93. The molecule has 6 heteroatoms. The van der Waals surface area contributed by atoms with Crippen LogP contribution >= 0.6 is 15.9 Å². The van der Waals surface area contributed by atoms with E-state index in [1.807, 2.05) is 0 Å². The van der Waals surface area contributed by atoms with Crippen molar-refractivity contribution in [1.82, 2.24) is 10.1 Å². The highest BCUT2D eigenvalue weighted by Gasteiger charge is 2.34. The third kappa shape index (κ3) is 2.50. The van der Waals surface area contributed by atoms with Crippen LogP contribution in [0.3, 0.4) is 0 Å². The number of halogens is 2. The van der Waals surface area contributed by atoms with Gasteiger partial charge in [-0.05, 0) is 47.0 Å². The summed E-state index contributed by atoms with van der Waals surface area (Å²) in [4.78, 5) is 4.40. The Morgan fingerprint density at radius 2 is 2.00 bits per heavy atom. The first kappa shape index (κ1) is 13.7. The molecule has 1 fully saturated rings. The van der Waals surface area contributed by atoms with Gasteiger partial charge < -0.3 is 10.3 Å². The van der Waals surface area contributed by atoms with Crippen LogP contribution in [-0.2, 0) is 5.54 Å². The van der Waals surface area contributed by atoms with Crippen LogP contribution in [0.25, 0.3) is 11.5 Å². The van der Waals surface area contributed by atoms with E-state index in [9.17, 15) is 4.39 Å². The number of nitrogens with two attached hydrogens (primary N) is 1. The lowest BCUT2D eigenvalue weighted by Crippen LogP contribution is -2.39. The molecule has 0 aliphatic heterocycles. The Kier molecular flexibility index (Phi) is 3.60. The van der Waals surface area contributed by atoms with Crippen LogP contribution in [0.4, 0.5) is 4.39 Å². The van der Waals surface area contributed by atoms with Crippen molar-refractivity contribution in [2.45, 2.75) is 37.6 Å². The smallest absolute Gasteiger partial charge is 0.258 e. The number of hydrogen-bond donors (Lipinski definition) is 1. The summed E-state index contributed by atoms with van der Waals surface area (Å²) in [5, 5.41) is 4.02. The van der Waals surface area contributed by atoms with Crippen molar-refractivity contribution >= 4 is 15.9 Å². The molecule has 0 spiro atoms. The Labute approximate surface area is 124 Å². The molecular formula is C14H15BrFN3O. The summed E-state index contributed by atoms with van der Waals surface area (Å²) >= 11 is 3.15. The largest absolute Gasteiger partial charge is 0.334 e. The van der Waals surface area contributed by atoms with Crippen molar-refractivity contribution in [2.75, 3.05) is 0 Å². The first-order chi connectivity index (χ1) is 9.58. The zero-order chi connectivity index (χ0) is 14.2. The Balaban J connectivity index is 1.91. The lowest BCUT2D eigenvalue weighted by Gasteiger charge is -2.29. The summed E-state index contributed by atoms with van der Waals surface area (Å²) in [6, 6.07) is 4.60. The molecule has 1 aliphatic rings. The van der Waals surface area contributed by atoms with Crippen LogP contribution in [0.5, 0.6) is 0 Å². The molecule has 1 heterocycles. The fourth-order valence-corrected chi connectivity index (χ4v) is 2.96. The summed E-state index contributed by atoms with van der Waals surface area (Å²) < 4.78 is 18.9. The van der Waals surface area contributed by atoms with E-state index in [0.717, 1.165) is 25.7 Å². The first-order valence-corrected chi connectivity index (χ1v) is 7.46. The van der Waals surface area contributed by atoms with Crippen molar-refractivity contribution in [2.24, 2.45) is 5.73 Å². The van der Waals surface area contributed by atoms with E-state index in [1.54, 1.807) is 12.1 Å². The second kappa shape index (κ2) is 5.26. The summed E-state index contributed by atoms with van der Waals surface area (Å²) in [7, 11) is 0. The Morgan fingerprint density at radius 3 is 2.70 bits per heavy atom. The van der Waals surface area contributed by atoms with Crippen LogP contribution in [0.2, 0.25) is 0 Å². The lowest BCUT2D eigenvalue weighted by molar-refractivity contribution is 0.275. The number of hydrogen-bond acceptors (Lipinski definition) is 4. The highest BCUT2D eigenvalue weighted by molar-refractivity contribution is 9.10. The van der Waals surface area contributed by atoms with Crippen LogP contribution in [-0.4, -0.2) is 10.1 Å². The minimum absolute atomic E-state index is 0.323. The molecule has 2 aromatic rings. The number of nitrogens with zero attached hydrogens (tertiary/aromatic N) is 2.